The zero-order chi connectivity index (χ0) is 4.28. The molecule has 0 bridgehead atoms. The minimum atomic E-state index is 1.25. The van der Waals surface area contributed by atoms with Gasteiger partial charge in [0.1, 0.15) is 0 Å². The molecule has 0 heteroatoms. The molecule has 0 N–H and O–H groups in total. The summed E-state index contributed by atoms with van der Waals surface area (Å²) in [6, 6.07) is 0. The topological polar surface area (TPSA) is 0 Å². The zero-order valence-corrected chi connectivity index (χ0v) is 4.00. The Labute approximate surface area is 33.5 Å². The second kappa shape index (κ2) is 1.92. The highest BCUT2D eigenvalue weighted by molar-refractivity contribution is 4.82. The highest BCUT2D eigenvalue weighted by Crippen LogP contribution is 1.81. The normalized spacial score (nSPS) is 6.20. The fourth-order valence-electron chi connectivity index (χ4n) is 0. The Morgan fingerprint density at radius 3 is 1.60 bits per heavy atom. The molecule has 0 saturated heterocycles. The molecule has 0 unspecified atom stereocenters. The number of hydrogen-bond acceptors (Lipinski definition) is 0. The molecular formula is C5H9+. The van der Waals surface area contributed by atoms with Crippen LogP contribution in [-0.2, 0) is 0 Å². The van der Waals surface area contributed by atoms with Gasteiger partial charge in [0.2, 0.25) is 6.08 Å². The van der Waals surface area contributed by atoms with E-state index in [4.69, 9.17) is 0 Å². The van der Waals surface area contributed by atoms with Crippen molar-refractivity contribution < 1.29 is 0 Å². The lowest BCUT2D eigenvalue weighted by Crippen LogP contribution is -1.53. The molecule has 0 aliphatic rings. The first kappa shape index (κ1) is 4.65. The third-order valence-electron chi connectivity index (χ3n) is 0.500. The zero-order valence-electron chi connectivity index (χ0n) is 4.00. The van der Waals surface area contributed by atoms with Crippen molar-refractivity contribution in [2.24, 2.45) is 0 Å². The maximum absolute atomic E-state index is 2.94. The SMILES string of the molecule is C[C+]=C(C)C. The van der Waals surface area contributed by atoms with E-state index in [1.54, 1.807) is 0 Å². The lowest BCUT2D eigenvalue weighted by Gasteiger charge is -1.55. The van der Waals surface area contributed by atoms with Crippen LogP contribution in [0.15, 0.2) is 5.57 Å². The fourth-order valence-corrected chi connectivity index (χ4v) is 0. The molecule has 0 amide bonds. The van der Waals surface area contributed by atoms with Crippen LogP contribution in [0.5, 0.6) is 0 Å². The highest BCUT2D eigenvalue weighted by atomic mass is 13.7. The van der Waals surface area contributed by atoms with Gasteiger partial charge in [-0.05, 0) is 0 Å². The van der Waals surface area contributed by atoms with Crippen LogP contribution in [-0.4, -0.2) is 0 Å². The number of rotatable bonds is 0. The summed E-state index contributed by atoms with van der Waals surface area (Å²) in [4.78, 5) is 0. The largest absolute Gasteiger partial charge is 0.217 e. The van der Waals surface area contributed by atoms with Gasteiger partial charge in [0, 0.05) is 13.8 Å². The number of allylic oxidation sites excluding steroid dienone is 2. The van der Waals surface area contributed by atoms with Crippen molar-refractivity contribution in [2.45, 2.75) is 20.8 Å². The molecule has 0 heterocycles. The van der Waals surface area contributed by atoms with Gasteiger partial charge in [0.15, 0.2) is 12.5 Å². The van der Waals surface area contributed by atoms with Crippen LogP contribution in [0, 0.1) is 6.08 Å². The third-order valence-corrected chi connectivity index (χ3v) is 0.500. The lowest BCUT2D eigenvalue weighted by molar-refractivity contribution is 1.33. The van der Waals surface area contributed by atoms with Crippen LogP contribution in [0.25, 0.3) is 0 Å². The Morgan fingerprint density at radius 2 is 1.60 bits per heavy atom. The summed E-state index contributed by atoms with van der Waals surface area (Å²) in [5, 5.41) is 0. The standard InChI is InChI=1S/C5H9/c1-4-5(2)3/h1-3H3/q+1. The second-order valence-corrected chi connectivity index (χ2v) is 1.25. The van der Waals surface area contributed by atoms with E-state index in [0.717, 1.165) is 0 Å². The Morgan fingerprint density at radius 1 is 1.40 bits per heavy atom. The van der Waals surface area contributed by atoms with Crippen LogP contribution in [0.1, 0.15) is 20.8 Å². The van der Waals surface area contributed by atoms with Crippen molar-refractivity contribution in [1.82, 2.24) is 0 Å². The quantitative estimate of drug-likeness (QED) is 0.380. The minimum Gasteiger partial charge on any atom is 0.00608 e. The Kier molecular flexibility index (Phi) is 1.79. The van der Waals surface area contributed by atoms with Gasteiger partial charge < -0.3 is 0 Å². The van der Waals surface area contributed by atoms with Gasteiger partial charge in [0.05, 0.1) is 0 Å². The summed E-state index contributed by atoms with van der Waals surface area (Å²) in [6.07, 6.45) is 2.94. The fraction of sp³-hybridized carbons (Fsp3) is 0.600. The summed E-state index contributed by atoms with van der Waals surface area (Å²) in [5.41, 5.74) is 1.25. The van der Waals surface area contributed by atoms with Crippen molar-refractivity contribution in [3.05, 3.63) is 11.6 Å². The molecule has 0 aromatic rings. The average Bonchev–Trinajstić information content (AvgIpc) is 1.38. The van der Waals surface area contributed by atoms with Crippen molar-refractivity contribution >= 4 is 0 Å². The molecule has 0 atom stereocenters. The van der Waals surface area contributed by atoms with E-state index in [-0.39, 0.29) is 0 Å². The molecule has 0 spiro atoms. The van der Waals surface area contributed by atoms with Crippen LogP contribution in [0.4, 0.5) is 0 Å². The van der Waals surface area contributed by atoms with E-state index >= 15 is 0 Å². The summed E-state index contributed by atoms with van der Waals surface area (Å²) >= 11 is 0. The van der Waals surface area contributed by atoms with E-state index in [1.807, 2.05) is 20.8 Å². The summed E-state index contributed by atoms with van der Waals surface area (Å²) in [6.45, 7) is 5.97. The Hall–Kier alpha value is -0.350. The maximum Gasteiger partial charge on any atom is 0.217 e. The van der Waals surface area contributed by atoms with Gasteiger partial charge in [-0.3, -0.25) is 0 Å². The van der Waals surface area contributed by atoms with Crippen LogP contribution in [0.2, 0.25) is 0 Å². The van der Waals surface area contributed by atoms with Gasteiger partial charge >= 0.3 is 0 Å². The third kappa shape index (κ3) is 3.65. The van der Waals surface area contributed by atoms with Crippen molar-refractivity contribution in [2.75, 3.05) is 0 Å². The van der Waals surface area contributed by atoms with Crippen molar-refractivity contribution in [3.63, 3.8) is 0 Å². The van der Waals surface area contributed by atoms with Gasteiger partial charge in [-0.15, -0.1) is 0 Å². The first-order valence-corrected chi connectivity index (χ1v) is 1.75. The van der Waals surface area contributed by atoms with Crippen molar-refractivity contribution in [3.8, 4) is 0 Å². The van der Waals surface area contributed by atoms with E-state index in [2.05, 4.69) is 6.08 Å². The van der Waals surface area contributed by atoms with Gasteiger partial charge in [0.25, 0.3) is 0 Å². The molecule has 0 aromatic heterocycles. The Balaban J connectivity index is 3.14. The smallest absolute Gasteiger partial charge is 0.00608 e. The lowest BCUT2D eigenvalue weighted by atomic mass is 10.3. The molecule has 28 valence electrons. The van der Waals surface area contributed by atoms with Gasteiger partial charge in [-0.1, -0.05) is 0 Å². The van der Waals surface area contributed by atoms with Crippen LogP contribution in [0.3, 0.4) is 0 Å². The summed E-state index contributed by atoms with van der Waals surface area (Å²) in [7, 11) is 0. The van der Waals surface area contributed by atoms with E-state index in [0.29, 0.717) is 0 Å². The molecule has 0 rings (SSSR count). The molecule has 0 nitrogen and oxygen atoms in total. The first-order valence-electron chi connectivity index (χ1n) is 1.75. The molecule has 0 radical (unpaired) electrons. The number of hydrogen-bond donors (Lipinski definition) is 0. The summed E-state index contributed by atoms with van der Waals surface area (Å²) < 4.78 is 0. The van der Waals surface area contributed by atoms with Crippen molar-refractivity contribution in [1.29, 1.82) is 0 Å². The highest BCUT2D eigenvalue weighted by Gasteiger charge is 1.80. The molecule has 5 heavy (non-hydrogen) atoms. The van der Waals surface area contributed by atoms with E-state index in [9.17, 15) is 0 Å². The minimum absolute atomic E-state index is 1.25. The Bertz CT molecular complexity index is 38.0. The van der Waals surface area contributed by atoms with Gasteiger partial charge in [-0.2, -0.15) is 0 Å². The first-order chi connectivity index (χ1) is 2.27. The molecule has 0 aromatic carbocycles. The predicted molar refractivity (Wildman–Crippen MR) is 23.8 cm³/mol. The predicted octanol–water partition coefficient (Wildman–Crippen LogP) is 1.78. The summed E-state index contributed by atoms with van der Waals surface area (Å²) in [5.74, 6) is 0. The molecular weight excluding hydrogens is 60.1 g/mol. The second-order valence-electron chi connectivity index (χ2n) is 1.25. The molecule has 0 fully saturated rings. The molecule has 0 aliphatic carbocycles. The van der Waals surface area contributed by atoms with Crippen LogP contribution >= 0.6 is 0 Å². The van der Waals surface area contributed by atoms with E-state index < -0.39 is 0 Å². The molecule has 0 aliphatic heterocycles. The van der Waals surface area contributed by atoms with Crippen LogP contribution < -0.4 is 0 Å². The van der Waals surface area contributed by atoms with Gasteiger partial charge in [-0.25, -0.2) is 0 Å². The van der Waals surface area contributed by atoms with E-state index in [1.165, 1.54) is 5.57 Å². The molecule has 0 saturated carbocycles. The maximum atomic E-state index is 2.94. The average molecular weight is 69.1 g/mol. The monoisotopic (exact) mass is 69.1 g/mol.